The first-order valence-corrected chi connectivity index (χ1v) is 11.2. The van der Waals surface area contributed by atoms with Crippen LogP contribution in [0.5, 0.6) is 0 Å². The molecule has 1 heterocycles. The standard InChI is InChI=1S/C26H24N2O6/c29-23(30)22-11-10-16(34-22)14-27-24(31)26(12-5-13-26)28-25(32)33-15-21-19-8-3-1-6-17(19)18-7-2-4-9-20(18)21/h1-4,6-11,21H,5,12-15H2,(H,27,31)(H,28,32)(H,29,30). The third-order valence-corrected chi connectivity index (χ3v) is 6.62. The predicted octanol–water partition coefficient (Wildman–Crippen LogP) is 4.06. The number of carbonyl (C=O) groups excluding carboxylic acids is 2. The van der Waals surface area contributed by atoms with E-state index < -0.39 is 17.6 Å². The van der Waals surface area contributed by atoms with Gasteiger partial charge in [0.15, 0.2) is 0 Å². The fraction of sp³-hybridized carbons (Fsp3) is 0.269. The molecule has 1 aromatic heterocycles. The Kier molecular flexibility index (Phi) is 5.57. The summed E-state index contributed by atoms with van der Waals surface area (Å²) in [5.41, 5.74) is 3.49. The normalized spacial score (nSPS) is 15.5. The number of amides is 2. The zero-order chi connectivity index (χ0) is 23.7. The van der Waals surface area contributed by atoms with Crippen LogP contribution in [0.25, 0.3) is 11.1 Å². The van der Waals surface area contributed by atoms with Gasteiger partial charge < -0.3 is 24.9 Å². The summed E-state index contributed by atoms with van der Waals surface area (Å²) in [6.45, 7) is 0.197. The van der Waals surface area contributed by atoms with Gasteiger partial charge in [-0.1, -0.05) is 48.5 Å². The van der Waals surface area contributed by atoms with Crippen LogP contribution in [0.15, 0.2) is 65.1 Å². The third-order valence-electron chi connectivity index (χ3n) is 6.62. The van der Waals surface area contributed by atoms with Crippen molar-refractivity contribution in [3.63, 3.8) is 0 Å². The van der Waals surface area contributed by atoms with Crippen molar-refractivity contribution in [2.75, 3.05) is 6.61 Å². The molecule has 0 spiro atoms. The minimum Gasteiger partial charge on any atom is -0.475 e. The number of alkyl carbamates (subject to hydrolysis) is 1. The molecule has 0 aliphatic heterocycles. The molecule has 8 heteroatoms. The first-order chi connectivity index (χ1) is 16.5. The van der Waals surface area contributed by atoms with E-state index >= 15 is 0 Å². The van der Waals surface area contributed by atoms with E-state index in [9.17, 15) is 14.4 Å². The zero-order valence-electron chi connectivity index (χ0n) is 18.4. The van der Waals surface area contributed by atoms with Gasteiger partial charge in [0.25, 0.3) is 0 Å². The Bertz CT molecular complexity index is 1210. The lowest BCUT2D eigenvalue weighted by Crippen LogP contribution is -2.62. The minimum atomic E-state index is -1.18. The van der Waals surface area contributed by atoms with Crippen LogP contribution in [-0.4, -0.2) is 35.2 Å². The molecule has 2 aliphatic rings. The van der Waals surface area contributed by atoms with Crippen molar-refractivity contribution in [1.29, 1.82) is 0 Å². The molecule has 1 saturated carbocycles. The number of hydrogen-bond donors (Lipinski definition) is 3. The number of carboxylic acid groups (broad SMARTS) is 1. The monoisotopic (exact) mass is 460 g/mol. The SMILES string of the molecule is O=C(NC1(C(=O)NCc2ccc(C(=O)O)o2)CCC1)OCC1c2ccccc2-c2ccccc21. The lowest BCUT2D eigenvalue weighted by Gasteiger charge is -2.40. The topological polar surface area (TPSA) is 118 Å². The second-order valence-electron chi connectivity index (χ2n) is 8.64. The van der Waals surface area contributed by atoms with Crippen molar-refractivity contribution < 1.29 is 28.6 Å². The number of hydrogen-bond acceptors (Lipinski definition) is 5. The van der Waals surface area contributed by atoms with Crippen LogP contribution in [-0.2, 0) is 16.1 Å². The van der Waals surface area contributed by atoms with Gasteiger partial charge in [-0.2, -0.15) is 0 Å². The molecule has 34 heavy (non-hydrogen) atoms. The number of carbonyl (C=O) groups is 3. The fourth-order valence-corrected chi connectivity index (χ4v) is 4.69. The zero-order valence-corrected chi connectivity index (χ0v) is 18.4. The lowest BCUT2D eigenvalue weighted by molar-refractivity contribution is -0.131. The van der Waals surface area contributed by atoms with E-state index in [1.54, 1.807) is 0 Å². The van der Waals surface area contributed by atoms with Gasteiger partial charge >= 0.3 is 12.1 Å². The van der Waals surface area contributed by atoms with Crippen molar-refractivity contribution in [1.82, 2.24) is 10.6 Å². The number of benzene rings is 2. The number of nitrogens with one attached hydrogen (secondary N) is 2. The highest BCUT2D eigenvalue weighted by Gasteiger charge is 2.46. The van der Waals surface area contributed by atoms with Crippen molar-refractivity contribution in [2.45, 2.75) is 37.3 Å². The molecule has 0 saturated heterocycles. The Hall–Kier alpha value is -4.07. The summed E-state index contributed by atoms with van der Waals surface area (Å²) in [6.07, 6.45) is 1.17. The lowest BCUT2D eigenvalue weighted by atomic mass is 9.76. The quantitative estimate of drug-likeness (QED) is 0.490. The average Bonchev–Trinajstić information content (AvgIpc) is 3.42. The van der Waals surface area contributed by atoms with Crippen molar-refractivity contribution in [3.05, 3.63) is 83.3 Å². The number of ether oxygens (including phenoxy) is 1. The molecule has 0 unspecified atom stereocenters. The second kappa shape index (κ2) is 8.70. The third kappa shape index (κ3) is 3.91. The van der Waals surface area contributed by atoms with Gasteiger partial charge in [-0.3, -0.25) is 4.79 Å². The summed E-state index contributed by atoms with van der Waals surface area (Å²) in [7, 11) is 0. The van der Waals surface area contributed by atoms with E-state index in [-0.39, 0.29) is 30.7 Å². The van der Waals surface area contributed by atoms with Gasteiger partial charge in [0.2, 0.25) is 11.7 Å². The Morgan fingerprint density at radius 3 is 2.18 bits per heavy atom. The van der Waals surface area contributed by atoms with Crippen LogP contribution in [0.3, 0.4) is 0 Å². The number of furan rings is 1. The first-order valence-electron chi connectivity index (χ1n) is 11.2. The molecule has 174 valence electrons. The van der Waals surface area contributed by atoms with Gasteiger partial charge in [-0.25, -0.2) is 9.59 Å². The molecule has 8 nitrogen and oxygen atoms in total. The van der Waals surface area contributed by atoms with Crippen LogP contribution < -0.4 is 10.6 Å². The van der Waals surface area contributed by atoms with E-state index in [1.807, 2.05) is 36.4 Å². The molecule has 5 rings (SSSR count). The molecule has 3 N–H and O–H groups in total. The van der Waals surface area contributed by atoms with Gasteiger partial charge in [0, 0.05) is 5.92 Å². The highest BCUT2D eigenvalue weighted by molar-refractivity contribution is 5.91. The van der Waals surface area contributed by atoms with Gasteiger partial charge in [0.1, 0.15) is 17.9 Å². The summed E-state index contributed by atoms with van der Waals surface area (Å²) >= 11 is 0. The maximum Gasteiger partial charge on any atom is 0.408 e. The second-order valence-corrected chi connectivity index (χ2v) is 8.64. The predicted molar refractivity (Wildman–Crippen MR) is 122 cm³/mol. The number of fused-ring (bicyclic) bond motifs is 3. The van der Waals surface area contributed by atoms with E-state index in [2.05, 4.69) is 22.8 Å². The molecular formula is C26H24N2O6. The Labute approximate surface area is 195 Å². The minimum absolute atomic E-state index is 0.0280. The molecule has 0 atom stereocenters. The van der Waals surface area contributed by atoms with Crippen LogP contribution >= 0.6 is 0 Å². The highest BCUT2D eigenvalue weighted by Crippen LogP contribution is 2.44. The van der Waals surface area contributed by atoms with E-state index in [0.717, 1.165) is 28.7 Å². The number of aromatic carboxylic acids is 1. The molecule has 2 aromatic carbocycles. The van der Waals surface area contributed by atoms with Gasteiger partial charge in [-0.05, 0) is 53.6 Å². The first kappa shape index (κ1) is 21.8. The molecule has 3 aromatic rings. The molecule has 0 radical (unpaired) electrons. The average molecular weight is 460 g/mol. The summed E-state index contributed by atoms with van der Waals surface area (Å²) in [4.78, 5) is 36.5. The smallest absolute Gasteiger partial charge is 0.408 e. The summed E-state index contributed by atoms with van der Waals surface area (Å²) in [5, 5.41) is 14.4. The van der Waals surface area contributed by atoms with E-state index in [4.69, 9.17) is 14.3 Å². The Morgan fingerprint density at radius 1 is 0.971 bits per heavy atom. The molecular weight excluding hydrogens is 436 g/mol. The van der Waals surface area contributed by atoms with Crippen molar-refractivity contribution in [2.24, 2.45) is 0 Å². The summed E-state index contributed by atoms with van der Waals surface area (Å²) in [6, 6.07) is 19.0. The molecule has 0 bridgehead atoms. The molecule has 2 aliphatic carbocycles. The summed E-state index contributed by atoms with van der Waals surface area (Å²) in [5.74, 6) is -1.46. The largest absolute Gasteiger partial charge is 0.475 e. The Morgan fingerprint density at radius 2 is 1.62 bits per heavy atom. The van der Waals surface area contributed by atoms with Gasteiger partial charge in [0.05, 0.1) is 6.54 Å². The van der Waals surface area contributed by atoms with E-state index in [0.29, 0.717) is 18.6 Å². The Balaban J connectivity index is 1.20. The fourth-order valence-electron chi connectivity index (χ4n) is 4.69. The number of carboxylic acids is 1. The number of rotatable bonds is 7. The van der Waals surface area contributed by atoms with Crippen LogP contribution in [0.2, 0.25) is 0 Å². The van der Waals surface area contributed by atoms with E-state index in [1.165, 1.54) is 12.1 Å². The van der Waals surface area contributed by atoms with Crippen LogP contribution in [0.4, 0.5) is 4.79 Å². The summed E-state index contributed by atoms with van der Waals surface area (Å²) < 4.78 is 10.8. The van der Waals surface area contributed by atoms with Crippen molar-refractivity contribution in [3.8, 4) is 11.1 Å². The van der Waals surface area contributed by atoms with Gasteiger partial charge in [-0.15, -0.1) is 0 Å². The van der Waals surface area contributed by atoms with Crippen molar-refractivity contribution >= 4 is 18.0 Å². The molecule has 2 amide bonds. The van der Waals surface area contributed by atoms with Crippen LogP contribution in [0, 0.1) is 0 Å². The maximum atomic E-state index is 12.8. The van der Waals surface area contributed by atoms with Crippen LogP contribution in [0.1, 0.15) is 52.6 Å². The highest BCUT2D eigenvalue weighted by atomic mass is 16.5. The molecule has 1 fully saturated rings. The maximum absolute atomic E-state index is 12.8.